The number of benzene rings is 1. The van der Waals surface area contributed by atoms with E-state index >= 15 is 0 Å². The van der Waals surface area contributed by atoms with Crippen molar-refractivity contribution >= 4 is 5.69 Å². The number of alkyl halides is 3. The Balaban J connectivity index is 2.77. The summed E-state index contributed by atoms with van der Waals surface area (Å²) in [5, 5.41) is 13.9. The molecule has 0 spiro atoms. The van der Waals surface area contributed by atoms with Crippen LogP contribution in [0.2, 0.25) is 0 Å². The molecule has 0 amide bonds. The lowest BCUT2D eigenvalue weighted by atomic mass is 10.2. The zero-order valence-corrected chi connectivity index (χ0v) is 10.9. The minimum Gasteiger partial charge on any atom is -0.486 e. The van der Waals surface area contributed by atoms with Crippen molar-refractivity contribution in [3.05, 3.63) is 33.9 Å². The minimum atomic E-state index is -4.35. The van der Waals surface area contributed by atoms with E-state index in [0.717, 1.165) is 0 Å². The Labute approximate surface area is 113 Å². The van der Waals surface area contributed by atoms with Gasteiger partial charge in [0.15, 0.2) is 5.75 Å². The van der Waals surface area contributed by atoms with Crippen LogP contribution in [0.3, 0.4) is 0 Å². The molecule has 0 radical (unpaired) electrons. The molecule has 1 aromatic rings. The zero-order chi connectivity index (χ0) is 15.2. The molecule has 1 rings (SSSR count). The number of nitro groups is 1. The first-order valence-electron chi connectivity index (χ1n) is 6.01. The second-order valence-electron chi connectivity index (χ2n) is 4.05. The molecule has 8 heteroatoms. The Morgan fingerprint density at radius 2 is 2.10 bits per heavy atom. The summed E-state index contributed by atoms with van der Waals surface area (Å²) < 4.78 is 40.8. The van der Waals surface area contributed by atoms with Crippen LogP contribution < -0.4 is 10.1 Å². The fraction of sp³-hybridized carbons (Fsp3) is 0.500. The highest BCUT2D eigenvalue weighted by Gasteiger charge is 2.27. The third-order valence-corrected chi connectivity index (χ3v) is 2.44. The van der Waals surface area contributed by atoms with Gasteiger partial charge in [-0.05, 0) is 18.2 Å². The van der Waals surface area contributed by atoms with E-state index in [1.54, 1.807) is 6.07 Å². The molecule has 0 aromatic heterocycles. The Bertz CT molecular complexity index is 464. The van der Waals surface area contributed by atoms with Crippen molar-refractivity contribution in [2.45, 2.75) is 26.1 Å². The van der Waals surface area contributed by atoms with Crippen LogP contribution in [-0.4, -0.2) is 24.3 Å². The number of hydrogen-bond acceptors (Lipinski definition) is 4. The molecule has 0 unspecified atom stereocenters. The van der Waals surface area contributed by atoms with Gasteiger partial charge in [-0.25, -0.2) is 0 Å². The lowest BCUT2D eigenvalue weighted by Crippen LogP contribution is -2.14. The smallest absolute Gasteiger partial charge is 0.392 e. The van der Waals surface area contributed by atoms with Crippen LogP contribution in [0.1, 0.15) is 18.9 Å². The molecule has 0 saturated heterocycles. The van der Waals surface area contributed by atoms with Gasteiger partial charge in [0.25, 0.3) is 0 Å². The van der Waals surface area contributed by atoms with E-state index in [2.05, 4.69) is 5.32 Å². The average molecular weight is 292 g/mol. The number of nitrogens with one attached hydrogen (secondary N) is 1. The van der Waals surface area contributed by atoms with Gasteiger partial charge in [-0.15, -0.1) is 0 Å². The third-order valence-electron chi connectivity index (χ3n) is 2.44. The van der Waals surface area contributed by atoms with Crippen molar-refractivity contribution in [2.75, 3.05) is 13.2 Å². The fourth-order valence-corrected chi connectivity index (χ4v) is 1.48. The molecule has 0 heterocycles. The van der Waals surface area contributed by atoms with Crippen molar-refractivity contribution in [2.24, 2.45) is 0 Å². The molecule has 112 valence electrons. The summed E-state index contributed by atoms with van der Waals surface area (Å²) in [5.41, 5.74) is 0.337. The van der Waals surface area contributed by atoms with Gasteiger partial charge < -0.3 is 10.1 Å². The molecule has 20 heavy (non-hydrogen) atoms. The van der Waals surface area contributed by atoms with Crippen LogP contribution in [0.4, 0.5) is 18.9 Å². The predicted octanol–water partition coefficient (Wildman–Crippen LogP) is 3.04. The molecular weight excluding hydrogens is 277 g/mol. The van der Waals surface area contributed by atoms with Crippen LogP contribution in [0.5, 0.6) is 5.75 Å². The Morgan fingerprint density at radius 3 is 2.65 bits per heavy atom. The second-order valence-corrected chi connectivity index (χ2v) is 4.05. The van der Waals surface area contributed by atoms with Gasteiger partial charge >= 0.3 is 11.9 Å². The lowest BCUT2D eigenvalue weighted by molar-refractivity contribution is -0.386. The van der Waals surface area contributed by atoms with Gasteiger partial charge in [-0.1, -0.05) is 13.0 Å². The predicted molar refractivity (Wildman–Crippen MR) is 66.6 cm³/mol. The first kappa shape index (κ1) is 16.2. The largest absolute Gasteiger partial charge is 0.486 e. The van der Waals surface area contributed by atoms with E-state index in [0.29, 0.717) is 18.7 Å². The molecular formula is C12H15F3N2O3. The molecule has 1 aromatic carbocycles. The number of ether oxygens (including phenoxy) is 1. The highest BCUT2D eigenvalue weighted by molar-refractivity contribution is 5.48. The average Bonchev–Trinajstić information content (AvgIpc) is 2.35. The number of nitro benzene ring substituents is 1. The fourth-order valence-electron chi connectivity index (χ4n) is 1.48. The maximum absolute atomic E-state index is 12.0. The molecule has 5 nitrogen and oxygen atoms in total. The Kier molecular flexibility index (Phi) is 5.75. The maximum Gasteiger partial charge on any atom is 0.392 e. The summed E-state index contributed by atoms with van der Waals surface area (Å²) in [7, 11) is 0. The van der Waals surface area contributed by atoms with E-state index in [-0.39, 0.29) is 11.4 Å². The molecule has 0 atom stereocenters. The number of rotatable bonds is 7. The van der Waals surface area contributed by atoms with Gasteiger partial charge in [0.1, 0.15) is 0 Å². The first-order valence-corrected chi connectivity index (χ1v) is 6.01. The van der Waals surface area contributed by atoms with Crippen molar-refractivity contribution < 1.29 is 22.8 Å². The van der Waals surface area contributed by atoms with E-state index in [4.69, 9.17) is 4.74 Å². The highest BCUT2D eigenvalue weighted by atomic mass is 19.4. The van der Waals surface area contributed by atoms with Gasteiger partial charge in [-0.3, -0.25) is 10.1 Å². The molecule has 0 aliphatic carbocycles. The monoisotopic (exact) mass is 292 g/mol. The van der Waals surface area contributed by atoms with Crippen LogP contribution in [0, 0.1) is 10.1 Å². The summed E-state index contributed by atoms with van der Waals surface area (Å²) in [6.07, 6.45) is -5.50. The molecule has 0 aliphatic heterocycles. The summed E-state index contributed by atoms with van der Waals surface area (Å²) in [6.45, 7) is 2.40. The normalized spacial score (nSPS) is 11.4. The van der Waals surface area contributed by atoms with Gasteiger partial charge in [0, 0.05) is 12.6 Å². The molecule has 1 N–H and O–H groups in total. The number of halogens is 3. The van der Waals surface area contributed by atoms with E-state index < -0.39 is 24.1 Å². The van der Waals surface area contributed by atoms with Gasteiger partial charge in [0.2, 0.25) is 0 Å². The lowest BCUT2D eigenvalue weighted by Gasteiger charge is -2.10. The SMILES string of the molecule is CCNCc1ccc(OCCC(F)(F)F)c([N+](=O)[O-])c1. The van der Waals surface area contributed by atoms with Crippen molar-refractivity contribution in [1.82, 2.24) is 5.32 Å². The summed E-state index contributed by atoms with van der Waals surface area (Å²) in [4.78, 5) is 10.2. The first-order chi connectivity index (χ1) is 9.33. The van der Waals surface area contributed by atoms with Crippen LogP contribution >= 0.6 is 0 Å². The van der Waals surface area contributed by atoms with Crippen molar-refractivity contribution in [3.8, 4) is 5.75 Å². The van der Waals surface area contributed by atoms with E-state index in [9.17, 15) is 23.3 Å². The number of nitrogens with zero attached hydrogens (tertiary/aromatic N) is 1. The molecule has 0 bridgehead atoms. The molecule has 0 aliphatic rings. The summed E-state index contributed by atoms with van der Waals surface area (Å²) in [5.74, 6) is -0.153. The molecule has 0 fully saturated rings. The third kappa shape index (κ3) is 5.43. The summed E-state index contributed by atoms with van der Waals surface area (Å²) in [6, 6.07) is 4.20. The zero-order valence-electron chi connectivity index (χ0n) is 10.9. The van der Waals surface area contributed by atoms with Crippen LogP contribution in [0.15, 0.2) is 18.2 Å². The minimum absolute atomic E-state index is 0.153. The van der Waals surface area contributed by atoms with Gasteiger partial charge in [-0.2, -0.15) is 13.2 Å². The van der Waals surface area contributed by atoms with E-state index in [1.807, 2.05) is 6.92 Å². The standard InChI is InChI=1S/C12H15F3N2O3/c1-2-16-8-9-3-4-11(10(7-9)17(18)19)20-6-5-12(13,14)15/h3-4,7,16H,2,5-6,8H2,1H3. The maximum atomic E-state index is 12.0. The second kappa shape index (κ2) is 7.09. The Hall–Kier alpha value is -1.83. The van der Waals surface area contributed by atoms with Crippen molar-refractivity contribution in [1.29, 1.82) is 0 Å². The van der Waals surface area contributed by atoms with Crippen LogP contribution in [0.25, 0.3) is 0 Å². The van der Waals surface area contributed by atoms with Crippen molar-refractivity contribution in [3.63, 3.8) is 0 Å². The Morgan fingerprint density at radius 1 is 1.40 bits per heavy atom. The highest BCUT2D eigenvalue weighted by Crippen LogP contribution is 2.29. The topological polar surface area (TPSA) is 64.4 Å². The summed E-state index contributed by atoms with van der Waals surface area (Å²) >= 11 is 0. The quantitative estimate of drug-likeness (QED) is 0.619. The van der Waals surface area contributed by atoms with Gasteiger partial charge in [0.05, 0.1) is 18.0 Å². The molecule has 0 saturated carbocycles. The van der Waals surface area contributed by atoms with E-state index in [1.165, 1.54) is 12.1 Å². The van der Waals surface area contributed by atoms with Crippen LogP contribution in [-0.2, 0) is 6.54 Å². The number of hydrogen-bond donors (Lipinski definition) is 1.